The van der Waals surface area contributed by atoms with Crippen molar-refractivity contribution in [1.29, 1.82) is 5.26 Å². The van der Waals surface area contributed by atoms with Crippen LogP contribution >= 0.6 is 11.8 Å². The van der Waals surface area contributed by atoms with Gasteiger partial charge in [-0.25, -0.2) is 0 Å². The monoisotopic (exact) mass is 255 g/mol. The standard InChI is InChI=1S/C12H21N3OS/c1-14-11(16)4-3-7-15-8-5-12(10-13,17-2)6-9-15/h3-9H2,1-2H3,(H,14,16). The number of hydrogen-bond donors (Lipinski definition) is 1. The molecule has 4 nitrogen and oxygen atoms in total. The topological polar surface area (TPSA) is 56.1 Å². The summed E-state index contributed by atoms with van der Waals surface area (Å²) in [5.41, 5.74) is 0. The number of thioether (sulfide) groups is 1. The Hall–Kier alpha value is -0.730. The van der Waals surface area contributed by atoms with E-state index in [1.165, 1.54) is 0 Å². The van der Waals surface area contributed by atoms with Crippen molar-refractivity contribution in [2.45, 2.75) is 30.4 Å². The molecule has 1 rings (SSSR count). The minimum atomic E-state index is -0.169. The van der Waals surface area contributed by atoms with Gasteiger partial charge in [0.2, 0.25) is 5.91 Å². The van der Waals surface area contributed by atoms with E-state index in [-0.39, 0.29) is 10.7 Å². The fourth-order valence-electron chi connectivity index (χ4n) is 2.09. The number of hydrogen-bond acceptors (Lipinski definition) is 4. The van der Waals surface area contributed by atoms with E-state index in [2.05, 4.69) is 16.3 Å². The molecule has 1 aliphatic heterocycles. The minimum absolute atomic E-state index is 0.109. The molecule has 0 saturated carbocycles. The average Bonchev–Trinajstić information content (AvgIpc) is 2.39. The molecule has 1 saturated heterocycles. The van der Waals surface area contributed by atoms with Crippen LogP contribution in [0.2, 0.25) is 0 Å². The van der Waals surface area contributed by atoms with E-state index < -0.39 is 0 Å². The fourth-order valence-corrected chi connectivity index (χ4v) is 2.77. The van der Waals surface area contributed by atoms with Crippen LogP contribution in [0, 0.1) is 11.3 Å². The van der Waals surface area contributed by atoms with E-state index in [9.17, 15) is 4.79 Å². The number of nitriles is 1. The third kappa shape index (κ3) is 4.21. The molecular weight excluding hydrogens is 234 g/mol. The summed E-state index contributed by atoms with van der Waals surface area (Å²) in [6.07, 6.45) is 5.39. The van der Waals surface area contributed by atoms with Crippen molar-refractivity contribution in [1.82, 2.24) is 10.2 Å². The first-order valence-corrected chi connectivity index (χ1v) is 7.27. The van der Waals surface area contributed by atoms with Crippen LogP contribution in [0.1, 0.15) is 25.7 Å². The van der Waals surface area contributed by atoms with E-state index in [4.69, 9.17) is 5.26 Å². The Kier molecular flexibility index (Phi) is 5.79. The van der Waals surface area contributed by atoms with Crippen LogP contribution in [-0.4, -0.2) is 48.5 Å². The average molecular weight is 255 g/mol. The third-order valence-corrected chi connectivity index (χ3v) is 4.70. The van der Waals surface area contributed by atoms with Gasteiger partial charge in [0.05, 0.1) is 6.07 Å². The molecule has 1 aliphatic rings. The van der Waals surface area contributed by atoms with E-state index in [0.29, 0.717) is 6.42 Å². The lowest BCUT2D eigenvalue weighted by molar-refractivity contribution is -0.120. The summed E-state index contributed by atoms with van der Waals surface area (Å²) in [5, 5.41) is 11.8. The first-order valence-electron chi connectivity index (χ1n) is 6.05. The Morgan fingerprint density at radius 3 is 2.65 bits per heavy atom. The van der Waals surface area contributed by atoms with E-state index >= 15 is 0 Å². The predicted molar refractivity (Wildman–Crippen MR) is 70.8 cm³/mol. The van der Waals surface area contributed by atoms with Crippen LogP contribution in [0.25, 0.3) is 0 Å². The maximum absolute atomic E-state index is 11.1. The molecule has 5 heteroatoms. The number of rotatable bonds is 5. The summed E-state index contributed by atoms with van der Waals surface area (Å²) in [6.45, 7) is 2.91. The van der Waals surface area contributed by atoms with Crippen LogP contribution in [0.3, 0.4) is 0 Å². The molecule has 0 aromatic carbocycles. The van der Waals surface area contributed by atoms with Gasteiger partial charge in [-0.05, 0) is 32.1 Å². The number of amides is 1. The van der Waals surface area contributed by atoms with Gasteiger partial charge >= 0.3 is 0 Å². The van der Waals surface area contributed by atoms with Crippen molar-refractivity contribution in [2.24, 2.45) is 0 Å². The van der Waals surface area contributed by atoms with Crippen LogP contribution in [0.4, 0.5) is 0 Å². The zero-order chi connectivity index (χ0) is 12.7. The van der Waals surface area contributed by atoms with Gasteiger partial charge in [0.15, 0.2) is 0 Å². The van der Waals surface area contributed by atoms with Gasteiger partial charge in [0, 0.05) is 26.6 Å². The Morgan fingerprint density at radius 2 is 2.18 bits per heavy atom. The summed E-state index contributed by atoms with van der Waals surface area (Å²) in [6, 6.07) is 2.44. The highest BCUT2D eigenvalue weighted by Crippen LogP contribution is 2.33. The van der Waals surface area contributed by atoms with Gasteiger partial charge in [0.25, 0.3) is 0 Å². The van der Waals surface area contributed by atoms with Gasteiger partial charge in [-0.1, -0.05) is 0 Å². The van der Waals surface area contributed by atoms with Crippen LogP contribution in [-0.2, 0) is 4.79 Å². The molecule has 0 atom stereocenters. The zero-order valence-corrected chi connectivity index (χ0v) is 11.5. The number of likely N-dealkylation sites (tertiary alicyclic amines) is 1. The molecule has 1 heterocycles. The number of nitrogens with zero attached hydrogens (tertiary/aromatic N) is 2. The number of carbonyl (C=O) groups is 1. The predicted octanol–water partition coefficient (Wildman–Crippen LogP) is 1.23. The van der Waals surface area contributed by atoms with Crippen molar-refractivity contribution >= 4 is 17.7 Å². The normalized spacial score (nSPS) is 19.6. The quantitative estimate of drug-likeness (QED) is 0.803. The molecule has 0 unspecified atom stereocenters. The van der Waals surface area contributed by atoms with E-state index in [0.717, 1.165) is 38.9 Å². The molecular formula is C12H21N3OS. The summed E-state index contributed by atoms with van der Waals surface area (Å²) < 4.78 is -0.169. The Bertz CT molecular complexity index is 293. The first kappa shape index (κ1) is 14.3. The Balaban J connectivity index is 2.24. The molecule has 0 bridgehead atoms. The van der Waals surface area contributed by atoms with Gasteiger partial charge in [0.1, 0.15) is 4.75 Å². The van der Waals surface area contributed by atoms with Crippen molar-refractivity contribution in [3.8, 4) is 6.07 Å². The van der Waals surface area contributed by atoms with Crippen molar-refractivity contribution in [2.75, 3.05) is 32.9 Å². The summed E-state index contributed by atoms with van der Waals surface area (Å²) in [5.74, 6) is 0.109. The third-order valence-electron chi connectivity index (χ3n) is 3.42. The highest BCUT2D eigenvalue weighted by atomic mass is 32.2. The van der Waals surface area contributed by atoms with Gasteiger partial charge in [-0.2, -0.15) is 5.26 Å². The number of piperidine rings is 1. The van der Waals surface area contributed by atoms with Crippen molar-refractivity contribution in [3.63, 3.8) is 0 Å². The molecule has 0 aromatic heterocycles. The molecule has 0 aliphatic carbocycles. The minimum Gasteiger partial charge on any atom is -0.359 e. The van der Waals surface area contributed by atoms with Crippen molar-refractivity contribution < 1.29 is 4.79 Å². The molecule has 0 spiro atoms. The second-order valence-electron chi connectivity index (χ2n) is 4.43. The lowest BCUT2D eigenvalue weighted by atomic mass is 9.97. The summed E-state index contributed by atoms with van der Waals surface area (Å²) in [4.78, 5) is 13.4. The number of carbonyl (C=O) groups excluding carboxylic acids is 1. The molecule has 96 valence electrons. The highest BCUT2D eigenvalue weighted by Gasteiger charge is 2.33. The molecule has 1 amide bonds. The zero-order valence-electron chi connectivity index (χ0n) is 10.7. The molecule has 0 radical (unpaired) electrons. The largest absolute Gasteiger partial charge is 0.359 e. The fraction of sp³-hybridized carbons (Fsp3) is 0.833. The van der Waals surface area contributed by atoms with E-state index in [1.807, 2.05) is 6.26 Å². The van der Waals surface area contributed by atoms with Crippen LogP contribution < -0.4 is 5.32 Å². The molecule has 17 heavy (non-hydrogen) atoms. The van der Waals surface area contributed by atoms with Crippen LogP contribution in [0.5, 0.6) is 0 Å². The van der Waals surface area contributed by atoms with Gasteiger partial charge < -0.3 is 10.2 Å². The van der Waals surface area contributed by atoms with E-state index in [1.54, 1.807) is 18.8 Å². The molecule has 1 fully saturated rings. The van der Waals surface area contributed by atoms with Crippen LogP contribution in [0.15, 0.2) is 0 Å². The van der Waals surface area contributed by atoms with Gasteiger partial charge in [-0.15, -0.1) is 11.8 Å². The maximum atomic E-state index is 11.1. The lowest BCUT2D eigenvalue weighted by Gasteiger charge is -2.36. The Labute approximate surface area is 108 Å². The molecule has 1 N–H and O–H groups in total. The SMILES string of the molecule is CNC(=O)CCCN1CCC(C#N)(SC)CC1. The highest BCUT2D eigenvalue weighted by molar-refractivity contribution is 8.00. The van der Waals surface area contributed by atoms with Crippen molar-refractivity contribution in [3.05, 3.63) is 0 Å². The summed E-state index contributed by atoms with van der Waals surface area (Å²) >= 11 is 1.68. The second-order valence-corrected chi connectivity index (χ2v) is 5.62. The smallest absolute Gasteiger partial charge is 0.219 e. The van der Waals surface area contributed by atoms with Gasteiger partial charge in [-0.3, -0.25) is 4.79 Å². The Morgan fingerprint density at radius 1 is 1.53 bits per heavy atom. The molecule has 0 aromatic rings. The second kappa shape index (κ2) is 6.87. The first-order chi connectivity index (χ1) is 8.15. The number of nitrogens with one attached hydrogen (secondary N) is 1. The lowest BCUT2D eigenvalue weighted by Crippen LogP contribution is -2.42. The maximum Gasteiger partial charge on any atom is 0.219 e. The summed E-state index contributed by atoms with van der Waals surface area (Å²) in [7, 11) is 1.67.